The first-order valence-electron chi connectivity index (χ1n) is 8.26. The number of aryl methyl sites for hydroxylation is 1. The maximum atomic E-state index is 11.1. The second kappa shape index (κ2) is 8.83. The minimum Gasteiger partial charge on any atom is -0.497 e. The van der Waals surface area contributed by atoms with Gasteiger partial charge in [0.1, 0.15) is 11.4 Å². The number of pyridine rings is 1. The zero-order chi connectivity index (χ0) is 20.1. The molecule has 0 saturated heterocycles. The molecule has 0 amide bonds. The number of aromatic nitrogens is 1. The first-order valence-corrected chi connectivity index (χ1v) is 9.53. The van der Waals surface area contributed by atoms with Gasteiger partial charge in [-0.1, -0.05) is 12.1 Å². The van der Waals surface area contributed by atoms with E-state index in [4.69, 9.17) is 28.1 Å². The SMILES string of the molecule is CCOc1cccc(C2(O)CCc3cc(OC)ccc3C2)n1.[O-][Cl+3]([O-])([O-])O. The maximum absolute atomic E-state index is 11.1. The van der Waals surface area contributed by atoms with Crippen LogP contribution in [0.2, 0.25) is 0 Å². The lowest BCUT2D eigenvalue weighted by atomic mass is 9.78. The Kier molecular flexibility index (Phi) is 6.99. The van der Waals surface area contributed by atoms with E-state index in [0.717, 1.165) is 17.7 Å². The van der Waals surface area contributed by atoms with E-state index in [2.05, 4.69) is 11.1 Å². The molecule has 1 atom stereocenters. The average Bonchev–Trinajstić information content (AvgIpc) is 2.60. The Balaban J connectivity index is 0.000000465. The van der Waals surface area contributed by atoms with Crippen molar-refractivity contribution in [1.82, 2.24) is 4.98 Å². The molecule has 27 heavy (non-hydrogen) atoms. The highest BCUT2D eigenvalue weighted by Crippen LogP contribution is 2.37. The van der Waals surface area contributed by atoms with E-state index in [1.54, 1.807) is 7.11 Å². The first-order chi connectivity index (χ1) is 12.6. The summed E-state index contributed by atoms with van der Waals surface area (Å²) in [7, 11) is -3.02. The number of rotatable bonds is 4. The molecular weight excluding hydrogens is 378 g/mol. The fraction of sp³-hybridized carbons (Fsp3) is 0.389. The zero-order valence-electron chi connectivity index (χ0n) is 15.1. The van der Waals surface area contributed by atoms with Crippen molar-refractivity contribution in [2.45, 2.75) is 31.8 Å². The topological polar surface area (TPSA) is 141 Å². The van der Waals surface area contributed by atoms with Crippen LogP contribution in [0, 0.1) is 10.2 Å². The molecule has 148 valence electrons. The lowest BCUT2D eigenvalue weighted by Crippen LogP contribution is -2.58. The minimum atomic E-state index is -4.69. The molecule has 0 saturated carbocycles. The van der Waals surface area contributed by atoms with Gasteiger partial charge >= 0.3 is 0 Å². The van der Waals surface area contributed by atoms with Crippen molar-refractivity contribution in [3.8, 4) is 11.6 Å². The number of benzene rings is 1. The van der Waals surface area contributed by atoms with Gasteiger partial charge in [-0.25, -0.2) is 4.98 Å². The van der Waals surface area contributed by atoms with Crippen molar-refractivity contribution >= 4 is 0 Å². The Bertz CT molecular complexity index is 760. The quantitative estimate of drug-likeness (QED) is 0.649. The summed E-state index contributed by atoms with van der Waals surface area (Å²) in [5.74, 6) is 1.43. The third kappa shape index (κ3) is 6.31. The van der Waals surface area contributed by atoms with Crippen LogP contribution >= 0.6 is 0 Å². The first kappa shape index (κ1) is 21.4. The van der Waals surface area contributed by atoms with Crippen LogP contribution in [0.1, 0.15) is 30.2 Å². The molecule has 2 aromatic rings. The number of nitrogens with zero attached hydrogens (tertiary/aromatic N) is 1. The van der Waals surface area contributed by atoms with Gasteiger partial charge in [0.2, 0.25) is 5.88 Å². The van der Waals surface area contributed by atoms with Crippen LogP contribution in [-0.4, -0.2) is 28.5 Å². The number of methoxy groups -OCH3 is 1. The molecule has 1 heterocycles. The van der Waals surface area contributed by atoms with E-state index in [1.807, 2.05) is 37.3 Å². The number of fused-ring (bicyclic) bond motifs is 1. The monoisotopic (exact) mass is 399 g/mol. The standard InChI is InChI=1S/C18H21NO3.ClHO4/c1-3-22-17-6-4-5-16(19-17)18(20)10-9-13-11-15(21-2)8-7-14(13)12-18;2-1(3,4)5/h4-8,11,20H,3,9-10,12H2,1-2H3;(H,2,3,4,5). The summed E-state index contributed by atoms with van der Waals surface area (Å²) in [5.41, 5.74) is 2.14. The largest absolute Gasteiger partial charge is 0.497 e. The Hall–Kier alpha value is -1.94. The van der Waals surface area contributed by atoms with E-state index < -0.39 is 15.8 Å². The van der Waals surface area contributed by atoms with Crippen LogP contribution in [0.25, 0.3) is 0 Å². The molecule has 0 radical (unpaired) electrons. The van der Waals surface area contributed by atoms with Gasteiger partial charge in [0.05, 0.1) is 34.3 Å². The molecule has 1 aromatic heterocycles. The fourth-order valence-corrected chi connectivity index (χ4v) is 3.00. The Labute approximate surface area is 159 Å². The summed E-state index contributed by atoms with van der Waals surface area (Å²) in [6.07, 6.45) is 2.02. The molecule has 2 N–H and O–H groups in total. The molecule has 0 fully saturated rings. The smallest absolute Gasteiger partial charge is 0.213 e. The summed E-state index contributed by atoms with van der Waals surface area (Å²) < 4.78 is 43.4. The number of ether oxygens (including phenoxy) is 2. The van der Waals surface area contributed by atoms with Crippen molar-refractivity contribution in [2.24, 2.45) is 0 Å². The van der Waals surface area contributed by atoms with Gasteiger partial charge in [-0.15, -0.1) is 0 Å². The van der Waals surface area contributed by atoms with Crippen molar-refractivity contribution in [2.75, 3.05) is 13.7 Å². The average molecular weight is 400 g/mol. The molecule has 1 unspecified atom stereocenters. The zero-order valence-corrected chi connectivity index (χ0v) is 15.8. The van der Waals surface area contributed by atoms with E-state index in [-0.39, 0.29) is 0 Å². The minimum absolute atomic E-state index is 0.564. The third-order valence-corrected chi connectivity index (χ3v) is 4.20. The van der Waals surface area contributed by atoms with Crippen molar-refractivity contribution < 1.29 is 43.5 Å². The van der Waals surface area contributed by atoms with E-state index >= 15 is 0 Å². The second-order valence-corrected chi connectivity index (χ2v) is 6.83. The summed E-state index contributed by atoms with van der Waals surface area (Å²) >= 11 is 0. The van der Waals surface area contributed by atoms with Crippen molar-refractivity contribution in [3.05, 3.63) is 53.2 Å². The van der Waals surface area contributed by atoms with Crippen LogP contribution in [0.3, 0.4) is 0 Å². The Morgan fingerprint density at radius 2 is 1.89 bits per heavy atom. The van der Waals surface area contributed by atoms with Gasteiger partial charge in [-0.05, 0) is 49.1 Å². The maximum Gasteiger partial charge on any atom is 0.213 e. The highest BCUT2D eigenvalue weighted by Gasteiger charge is 2.35. The fourth-order valence-electron chi connectivity index (χ4n) is 3.00. The van der Waals surface area contributed by atoms with E-state index in [1.165, 1.54) is 5.56 Å². The lowest BCUT2D eigenvalue weighted by molar-refractivity contribution is -1.92. The van der Waals surface area contributed by atoms with Crippen LogP contribution < -0.4 is 23.5 Å². The van der Waals surface area contributed by atoms with Gasteiger partial charge in [-0.2, -0.15) is 14.0 Å². The second-order valence-electron chi connectivity index (χ2n) is 6.03. The van der Waals surface area contributed by atoms with E-state index in [9.17, 15) is 5.11 Å². The summed E-state index contributed by atoms with van der Waals surface area (Å²) in [6.45, 7) is 2.49. The normalized spacial score (nSPS) is 18.8. The molecule has 0 bridgehead atoms. The van der Waals surface area contributed by atoms with Crippen LogP contribution in [-0.2, 0) is 18.4 Å². The highest BCUT2D eigenvalue weighted by molar-refractivity contribution is 5.40. The molecule has 1 aliphatic carbocycles. The molecule has 1 aromatic carbocycles. The molecule has 3 rings (SSSR count). The Morgan fingerprint density at radius 3 is 2.52 bits per heavy atom. The van der Waals surface area contributed by atoms with E-state index in [0.29, 0.717) is 31.0 Å². The predicted octanol–water partition coefficient (Wildman–Crippen LogP) is -1.26. The number of aliphatic hydroxyl groups is 1. The van der Waals surface area contributed by atoms with Gasteiger partial charge in [0.15, 0.2) is 0 Å². The van der Waals surface area contributed by atoms with Crippen molar-refractivity contribution in [3.63, 3.8) is 0 Å². The third-order valence-electron chi connectivity index (χ3n) is 4.20. The lowest BCUT2D eigenvalue weighted by Gasteiger charge is -2.33. The van der Waals surface area contributed by atoms with Gasteiger partial charge in [-0.3, -0.25) is 0 Å². The molecule has 8 nitrogen and oxygen atoms in total. The predicted molar refractivity (Wildman–Crippen MR) is 86.5 cm³/mol. The Morgan fingerprint density at radius 1 is 1.19 bits per heavy atom. The molecular formula is C18H22ClNO7. The summed E-state index contributed by atoms with van der Waals surface area (Å²) in [4.78, 5) is 4.47. The molecule has 0 spiro atoms. The molecule has 9 heteroatoms. The number of hydrogen-bond acceptors (Lipinski definition) is 8. The molecule has 1 aliphatic rings. The van der Waals surface area contributed by atoms with Crippen LogP contribution in [0.15, 0.2) is 36.4 Å². The highest BCUT2D eigenvalue weighted by atomic mass is 35.7. The molecule has 0 aliphatic heterocycles. The van der Waals surface area contributed by atoms with Gasteiger partial charge in [0, 0.05) is 12.5 Å². The number of hydrogen-bond donors (Lipinski definition) is 2. The summed E-state index contributed by atoms with van der Waals surface area (Å²) in [6, 6.07) is 11.6. The van der Waals surface area contributed by atoms with Gasteiger partial charge in [0.25, 0.3) is 0 Å². The van der Waals surface area contributed by atoms with Crippen LogP contribution in [0.5, 0.6) is 11.6 Å². The number of halogens is 1. The van der Waals surface area contributed by atoms with Crippen LogP contribution in [0.4, 0.5) is 0 Å². The van der Waals surface area contributed by atoms with Gasteiger partial charge < -0.3 is 14.6 Å². The van der Waals surface area contributed by atoms with Crippen molar-refractivity contribution in [1.29, 1.82) is 0 Å². The summed E-state index contributed by atoms with van der Waals surface area (Å²) in [5, 5.41) is 11.1.